The van der Waals surface area contributed by atoms with Gasteiger partial charge in [0, 0.05) is 0 Å². The molecule has 0 aliphatic rings. The quantitative estimate of drug-likeness (QED) is 0.557. The molecule has 2 N–H and O–H groups in total. The predicted molar refractivity (Wildman–Crippen MR) is 94.0 cm³/mol. The summed E-state index contributed by atoms with van der Waals surface area (Å²) in [4.78, 5) is 2.28. The molecule has 0 saturated carbocycles. The van der Waals surface area contributed by atoms with Crippen molar-refractivity contribution in [1.82, 2.24) is 4.90 Å². The maximum absolute atomic E-state index is 2.28. The normalized spacial score (nSPS) is 10.7. The molecule has 0 unspecified atom stereocenters. The van der Waals surface area contributed by atoms with Crippen LogP contribution in [0.15, 0.2) is 24.3 Å². The van der Waals surface area contributed by atoms with Gasteiger partial charge < -0.3 is 10.4 Å². The molecule has 0 radical (unpaired) electrons. The van der Waals surface area contributed by atoms with Crippen LogP contribution < -0.4 is 0 Å². The Bertz CT molecular complexity index is 349. The van der Waals surface area contributed by atoms with E-state index in [2.05, 4.69) is 50.2 Å². The Morgan fingerprint density at radius 1 is 0.762 bits per heavy atom. The van der Waals surface area contributed by atoms with Gasteiger partial charge in [0.25, 0.3) is 0 Å². The first kappa shape index (κ1) is 20.1. The Morgan fingerprint density at radius 2 is 1.29 bits per heavy atom. The van der Waals surface area contributed by atoms with Crippen molar-refractivity contribution in [2.45, 2.75) is 64.7 Å². The Kier molecular flexibility index (Phi) is 12.3. The largest absolute Gasteiger partial charge is 0.412 e. The van der Waals surface area contributed by atoms with Crippen LogP contribution in [-0.4, -0.2) is 31.0 Å². The first-order chi connectivity index (χ1) is 9.70. The summed E-state index contributed by atoms with van der Waals surface area (Å²) in [7, 11) is 4.32. The lowest BCUT2D eigenvalue weighted by molar-refractivity contribution is 0.389. The average Bonchev–Trinajstić information content (AvgIpc) is 2.42. The SMILES string of the molecule is Cc1ccccc1CCCCCCCCCCN(C)C.O. The minimum absolute atomic E-state index is 0. The van der Waals surface area contributed by atoms with E-state index in [0.29, 0.717) is 0 Å². The molecule has 1 aromatic carbocycles. The van der Waals surface area contributed by atoms with Crippen molar-refractivity contribution < 1.29 is 5.48 Å². The van der Waals surface area contributed by atoms with Crippen molar-refractivity contribution in [2.75, 3.05) is 20.6 Å². The fourth-order valence-corrected chi connectivity index (χ4v) is 2.69. The van der Waals surface area contributed by atoms with Crippen LogP contribution in [0, 0.1) is 6.92 Å². The molecule has 0 fully saturated rings. The molecule has 122 valence electrons. The van der Waals surface area contributed by atoms with Crippen LogP contribution in [0.1, 0.15) is 62.5 Å². The molecule has 0 amide bonds. The molecule has 0 saturated heterocycles. The van der Waals surface area contributed by atoms with Crippen molar-refractivity contribution in [3.63, 3.8) is 0 Å². The van der Waals surface area contributed by atoms with Gasteiger partial charge in [-0.3, -0.25) is 0 Å². The van der Waals surface area contributed by atoms with Crippen molar-refractivity contribution >= 4 is 0 Å². The third kappa shape index (κ3) is 10.5. The Hall–Kier alpha value is -0.860. The average molecular weight is 293 g/mol. The summed E-state index contributed by atoms with van der Waals surface area (Å²) in [5.41, 5.74) is 2.99. The molecule has 0 heterocycles. The van der Waals surface area contributed by atoms with Crippen LogP contribution in [0.5, 0.6) is 0 Å². The summed E-state index contributed by atoms with van der Waals surface area (Å²) in [6.07, 6.45) is 12.5. The zero-order valence-corrected chi connectivity index (χ0v) is 14.3. The van der Waals surface area contributed by atoms with Gasteiger partial charge in [-0.25, -0.2) is 0 Å². The number of unbranched alkanes of at least 4 members (excludes halogenated alkanes) is 7. The summed E-state index contributed by atoms with van der Waals surface area (Å²) in [6.45, 7) is 3.47. The predicted octanol–water partition coefficient (Wildman–Crippen LogP) is 4.40. The Balaban J connectivity index is 0.00000400. The van der Waals surface area contributed by atoms with Gasteiger partial charge in [0.15, 0.2) is 0 Å². The van der Waals surface area contributed by atoms with E-state index in [1.807, 2.05) is 0 Å². The lowest BCUT2D eigenvalue weighted by Gasteiger charge is -2.08. The first-order valence-corrected chi connectivity index (χ1v) is 8.39. The molecule has 1 rings (SSSR count). The van der Waals surface area contributed by atoms with Crippen LogP contribution in [-0.2, 0) is 6.42 Å². The van der Waals surface area contributed by atoms with Gasteiger partial charge in [0.1, 0.15) is 0 Å². The van der Waals surface area contributed by atoms with Gasteiger partial charge in [-0.1, -0.05) is 62.8 Å². The summed E-state index contributed by atoms with van der Waals surface area (Å²) >= 11 is 0. The lowest BCUT2D eigenvalue weighted by Crippen LogP contribution is -2.12. The number of hydrogen-bond acceptors (Lipinski definition) is 1. The molecule has 0 aliphatic carbocycles. The summed E-state index contributed by atoms with van der Waals surface area (Å²) in [5, 5.41) is 0. The van der Waals surface area contributed by atoms with Gasteiger partial charge in [-0.15, -0.1) is 0 Å². The molecule has 1 aromatic rings. The molecule has 0 atom stereocenters. The minimum Gasteiger partial charge on any atom is -0.412 e. The molecule has 2 heteroatoms. The highest BCUT2D eigenvalue weighted by atomic mass is 16.0. The molecule has 21 heavy (non-hydrogen) atoms. The number of rotatable bonds is 11. The van der Waals surface area contributed by atoms with E-state index in [4.69, 9.17) is 0 Å². The zero-order chi connectivity index (χ0) is 14.6. The number of benzene rings is 1. The van der Waals surface area contributed by atoms with Gasteiger partial charge >= 0.3 is 0 Å². The highest BCUT2D eigenvalue weighted by Crippen LogP contribution is 2.13. The summed E-state index contributed by atoms with van der Waals surface area (Å²) in [6, 6.07) is 8.80. The number of aryl methyl sites for hydroxylation is 2. The van der Waals surface area contributed by atoms with E-state index in [0.717, 1.165) is 0 Å². The maximum Gasteiger partial charge on any atom is -0.00248 e. The van der Waals surface area contributed by atoms with Crippen LogP contribution in [0.2, 0.25) is 0 Å². The summed E-state index contributed by atoms with van der Waals surface area (Å²) in [5.74, 6) is 0. The molecular formula is C19H35NO. The highest BCUT2D eigenvalue weighted by Gasteiger charge is 1.97. The molecule has 0 spiro atoms. The minimum atomic E-state index is 0. The Labute approximate surface area is 131 Å². The third-order valence-corrected chi connectivity index (χ3v) is 4.06. The van der Waals surface area contributed by atoms with Crippen LogP contribution in [0.3, 0.4) is 0 Å². The van der Waals surface area contributed by atoms with Crippen LogP contribution >= 0.6 is 0 Å². The zero-order valence-electron chi connectivity index (χ0n) is 14.3. The second-order valence-electron chi connectivity index (χ2n) is 6.31. The monoisotopic (exact) mass is 293 g/mol. The summed E-state index contributed by atoms with van der Waals surface area (Å²) < 4.78 is 0. The molecular weight excluding hydrogens is 258 g/mol. The van der Waals surface area contributed by atoms with Crippen molar-refractivity contribution in [3.05, 3.63) is 35.4 Å². The van der Waals surface area contributed by atoms with Gasteiger partial charge in [-0.2, -0.15) is 0 Å². The van der Waals surface area contributed by atoms with Gasteiger partial charge in [0.05, 0.1) is 0 Å². The molecule has 2 nitrogen and oxygen atoms in total. The van der Waals surface area contributed by atoms with E-state index in [9.17, 15) is 0 Å². The van der Waals surface area contributed by atoms with Gasteiger partial charge in [0.2, 0.25) is 0 Å². The van der Waals surface area contributed by atoms with E-state index in [1.54, 1.807) is 0 Å². The highest BCUT2D eigenvalue weighted by molar-refractivity contribution is 5.25. The fraction of sp³-hybridized carbons (Fsp3) is 0.684. The molecule has 0 aromatic heterocycles. The standard InChI is InChI=1S/C19H33N.H2O/c1-18-14-11-12-16-19(18)15-10-8-6-4-5-7-9-13-17-20(2)3;/h11-12,14,16H,4-10,13,15,17H2,1-3H3;1H2. The second-order valence-corrected chi connectivity index (χ2v) is 6.31. The smallest absolute Gasteiger partial charge is 0.00248 e. The van der Waals surface area contributed by atoms with E-state index < -0.39 is 0 Å². The van der Waals surface area contributed by atoms with Crippen molar-refractivity contribution in [3.8, 4) is 0 Å². The Morgan fingerprint density at radius 3 is 1.86 bits per heavy atom. The van der Waals surface area contributed by atoms with Crippen molar-refractivity contribution in [1.29, 1.82) is 0 Å². The lowest BCUT2D eigenvalue weighted by atomic mass is 10.0. The van der Waals surface area contributed by atoms with Gasteiger partial charge in [-0.05, 0) is 58.0 Å². The number of nitrogens with zero attached hydrogens (tertiary/aromatic N) is 1. The van der Waals surface area contributed by atoms with E-state index in [1.165, 1.54) is 75.5 Å². The van der Waals surface area contributed by atoms with E-state index in [-0.39, 0.29) is 5.48 Å². The van der Waals surface area contributed by atoms with E-state index >= 15 is 0 Å². The second kappa shape index (κ2) is 12.8. The maximum atomic E-state index is 2.28. The van der Waals surface area contributed by atoms with Crippen LogP contribution in [0.4, 0.5) is 0 Å². The topological polar surface area (TPSA) is 34.7 Å². The third-order valence-electron chi connectivity index (χ3n) is 4.06. The first-order valence-electron chi connectivity index (χ1n) is 8.39. The molecule has 0 aliphatic heterocycles. The van der Waals surface area contributed by atoms with Crippen LogP contribution in [0.25, 0.3) is 0 Å². The number of hydrogen-bond donors (Lipinski definition) is 0. The molecule has 0 bridgehead atoms. The fourth-order valence-electron chi connectivity index (χ4n) is 2.69. The van der Waals surface area contributed by atoms with Crippen molar-refractivity contribution in [2.24, 2.45) is 0 Å².